The lowest BCUT2D eigenvalue weighted by molar-refractivity contribution is -0.142. The van der Waals surface area contributed by atoms with Crippen molar-refractivity contribution in [1.29, 1.82) is 0 Å². The van der Waals surface area contributed by atoms with Gasteiger partial charge in [0.1, 0.15) is 17.3 Å². The third-order valence-electron chi connectivity index (χ3n) is 5.61. The molecule has 0 bridgehead atoms. The van der Waals surface area contributed by atoms with Crippen LogP contribution in [0.2, 0.25) is 0 Å². The smallest absolute Gasteiger partial charge is 0.313 e. The van der Waals surface area contributed by atoms with Crippen LogP contribution in [0.1, 0.15) is 30.7 Å². The number of rotatable bonds is 7. The highest BCUT2D eigenvalue weighted by Crippen LogP contribution is 2.33. The Kier molecular flexibility index (Phi) is 6.32. The number of aryl methyl sites for hydroxylation is 2. The van der Waals surface area contributed by atoms with Crippen LogP contribution in [0.15, 0.2) is 79.0 Å². The third-order valence-corrected chi connectivity index (χ3v) is 5.61. The quantitative estimate of drug-likeness (QED) is 0.326. The largest absolute Gasteiger partial charge is 0.481 e. The van der Waals surface area contributed by atoms with Gasteiger partial charge in [-0.3, -0.25) is 4.79 Å². The first-order valence-corrected chi connectivity index (χ1v) is 11.0. The first kappa shape index (κ1) is 23.0. The summed E-state index contributed by atoms with van der Waals surface area (Å²) in [6, 6.07) is 23.0. The minimum absolute atomic E-state index is 0.587. The number of aliphatic carboxylic acids is 1. The average molecular weight is 454 g/mol. The monoisotopic (exact) mass is 453 g/mol. The van der Waals surface area contributed by atoms with Gasteiger partial charge in [0.05, 0.1) is 5.41 Å². The number of pyridine rings is 2. The number of hydrogen-bond donors (Lipinski definition) is 2. The van der Waals surface area contributed by atoms with Gasteiger partial charge in [-0.2, -0.15) is 0 Å². The molecule has 2 N–H and O–H groups in total. The molecule has 0 amide bonds. The van der Waals surface area contributed by atoms with Gasteiger partial charge >= 0.3 is 5.97 Å². The Morgan fingerprint density at radius 1 is 0.971 bits per heavy atom. The zero-order valence-corrected chi connectivity index (χ0v) is 19.7. The average Bonchev–Trinajstić information content (AvgIpc) is 2.80. The zero-order valence-electron chi connectivity index (χ0n) is 19.7. The van der Waals surface area contributed by atoms with Crippen LogP contribution in [0, 0.1) is 13.8 Å². The highest BCUT2D eigenvalue weighted by molar-refractivity contribution is 5.81. The Bertz CT molecular complexity index is 1330. The Hall–Kier alpha value is -4.19. The Balaban J connectivity index is 1.62. The number of benzene rings is 2. The highest BCUT2D eigenvalue weighted by atomic mass is 16.5. The van der Waals surface area contributed by atoms with Gasteiger partial charge in [-0.25, -0.2) is 9.97 Å². The maximum absolute atomic E-state index is 11.7. The molecule has 0 spiro atoms. The van der Waals surface area contributed by atoms with Crippen molar-refractivity contribution in [2.75, 3.05) is 5.32 Å². The zero-order chi connectivity index (χ0) is 24.3. The Labute approximate surface area is 199 Å². The van der Waals surface area contributed by atoms with Crippen molar-refractivity contribution in [3.05, 3.63) is 95.8 Å². The van der Waals surface area contributed by atoms with Crippen LogP contribution in [-0.4, -0.2) is 21.0 Å². The summed E-state index contributed by atoms with van der Waals surface area (Å²) in [5, 5.41) is 12.9. The van der Waals surface area contributed by atoms with Crippen LogP contribution >= 0.6 is 0 Å². The number of carboxylic acids is 1. The standard InChI is InChI=1S/C28H27N3O3/c1-18-14-21(28(3,4)27(32)33)16-22(15-18)31-25-17-23(12-13-29-25)34-24-11-10-19(2)30-26(24)20-8-6-5-7-9-20/h5-17H,1-4H3,(H,29,31)(H,32,33). The fourth-order valence-corrected chi connectivity index (χ4v) is 3.59. The van der Waals surface area contributed by atoms with Crippen molar-refractivity contribution in [3.63, 3.8) is 0 Å². The van der Waals surface area contributed by atoms with E-state index in [1.807, 2.05) is 74.5 Å². The molecule has 0 radical (unpaired) electrons. The molecule has 172 valence electrons. The van der Waals surface area contributed by atoms with Gasteiger partial charge in [-0.1, -0.05) is 36.4 Å². The minimum atomic E-state index is -1.01. The molecule has 0 aliphatic carbocycles. The van der Waals surface area contributed by atoms with Gasteiger partial charge in [0.2, 0.25) is 0 Å². The molecular formula is C28H27N3O3. The summed E-state index contributed by atoms with van der Waals surface area (Å²) in [6.45, 7) is 7.28. The molecule has 2 aromatic carbocycles. The SMILES string of the molecule is Cc1cc(Nc2cc(Oc3ccc(C)nc3-c3ccccc3)ccn2)cc(C(C)(C)C(=O)O)c1. The van der Waals surface area contributed by atoms with Crippen molar-refractivity contribution < 1.29 is 14.6 Å². The number of ether oxygens (including phenoxy) is 1. The molecule has 2 aromatic heterocycles. The minimum Gasteiger partial charge on any atom is -0.481 e. The molecular weight excluding hydrogens is 426 g/mol. The molecule has 34 heavy (non-hydrogen) atoms. The molecule has 0 saturated carbocycles. The number of nitrogens with one attached hydrogen (secondary N) is 1. The summed E-state index contributed by atoms with van der Waals surface area (Å²) >= 11 is 0. The summed E-state index contributed by atoms with van der Waals surface area (Å²) in [4.78, 5) is 20.8. The fraction of sp³-hybridized carbons (Fsp3) is 0.179. The van der Waals surface area contributed by atoms with Crippen molar-refractivity contribution in [3.8, 4) is 22.8 Å². The number of aromatic nitrogens is 2. The van der Waals surface area contributed by atoms with Crippen LogP contribution in [-0.2, 0) is 10.2 Å². The van der Waals surface area contributed by atoms with E-state index < -0.39 is 11.4 Å². The van der Waals surface area contributed by atoms with E-state index in [1.165, 1.54) is 0 Å². The van der Waals surface area contributed by atoms with E-state index in [-0.39, 0.29) is 0 Å². The van der Waals surface area contributed by atoms with Crippen LogP contribution in [0.5, 0.6) is 11.5 Å². The molecule has 6 heteroatoms. The van der Waals surface area contributed by atoms with Crippen LogP contribution in [0.25, 0.3) is 11.3 Å². The molecule has 0 atom stereocenters. The first-order valence-electron chi connectivity index (χ1n) is 11.0. The van der Waals surface area contributed by atoms with Gasteiger partial charge in [0, 0.05) is 29.2 Å². The first-order chi connectivity index (χ1) is 16.2. The molecule has 0 unspecified atom stereocenters. The second-order valence-corrected chi connectivity index (χ2v) is 8.79. The van der Waals surface area contributed by atoms with E-state index in [4.69, 9.17) is 4.74 Å². The summed E-state index contributed by atoms with van der Waals surface area (Å²) in [6.07, 6.45) is 1.67. The predicted octanol–water partition coefficient (Wildman–Crippen LogP) is 6.66. The second-order valence-electron chi connectivity index (χ2n) is 8.79. The predicted molar refractivity (Wildman–Crippen MR) is 134 cm³/mol. The fourth-order valence-electron chi connectivity index (χ4n) is 3.59. The van der Waals surface area contributed by atoms with Crippen molar-refractivity contribution in [1.82, 2.24) is 9.97 Å². The lowest BCUT2D eigenvalue weighted by Gasteiger charge is -2.21. The van der Waals surface area contributed by atoms with E-state index >= 15 is 0 Å². The van der Waals surface area contributed by atoms with Gasteiger partial charge in [0.15, 0.2) is 5.75 Å². The Morgan fingerprint density at radius 2 is 1.74 bits per heavy atom. The van der Waals surface area contributed by atoms with E-state index in [0.717, 1.165) is 28.2 Å². The molecule has 0 aliphatic rings. The van der Waals surface area contributed by atoms with E-state index in [1.54, 1.807) is 32.2 Å². The lowest BCUT2D eigenvalue weighted by Crippen LogP contribution is -2.28. The van der Waals surface area contributed by atoms with Gasteiger partial charge < -0.3 is 15.2 Å². The molecule has 4 aromatic rings. The molecule has 2 heterocycles. The van der Waals surface area contributed by atoms with Crippen molar-refractivity contribution in [2.24, 2.45) is 0 Å². The molecule has 6 nitrogen and oxygen atoms in total. The number of nitrogens with zero attached hydrogens (tertiary/aromatic N) is 2. The number of carbonyl (C=O) groups is 1. The molecule has 0 fully saturated rings. The molecule has 4 rings (SSSR count). The summed E-state index contributed by atoms with van der Waals surface area (Å²) < 4.78 is 6.21. The van der Waals surface area contributed by atoms with E-state index in [2.05, 4.69) is 15.3 Å². The summed E-state index contributed by atoms with van der Waals surface area (Å²) in [7, 11) is 0. The van der Waals surface area contributed by atoms with Crippen molar-refractivity contribution >= 4 is 17.5 Å². The highest BCUT2D eigenvalue weighted by Gasteiger charge is 2.29. The summed E-state index contributed by atoms with van der Waals surface area (Å²) in [5.41, 5.74) is 4.08. The molecule has 0 saturated heterocycles. The third kappa shape index (κ3) is 5.07. The van der Waals surface area contributed by atoms with Crippen LogP contribution < -0.4 is 10.1 Å². The molecule has 0 aliphatic heterocycles. The van der Waals surface area contributed by atoms with Gasteiger partial charge in [0.25, 0.3) is 0 Å². The maximum atomic E-state index is 11.7. The summed E-state index contributed by atoms with van der Waals surface area (Å²) in [5.74, 6) is 0.969. The topological polar surface area (TPSA) is 84.3 Å². The maximum Gasteiger partial charge on any atom is 0.313 e. The number of carboxylic acid groups (broad SMARTS) is 1. The van der Waals surface area contributed by atoms with Gasteiger partial charge in [-0.05, 0) is 69.2 Å². The number of anilines is 2. The van der Waals surface area contributed by atoms with Gasteiger partial charge in [-0.15, -0.1) is 0 Å². The van der Waals surface area contributed by atoms with Crippen LogP contribution in [0.4, 0.5) is 11.5 Å². The normalized spacial score (nSPS) is 11.2. The van der Waals surface area contributed by atoms with Crippen molar-refractivity contribution in [2.45, 2.75) is 33.1 Å². The second kappa shape index (κ2) is 9.35. The van der Waals surface area contributed by atoms with E-state index in [0.29, 0.717) is 22.9 Å². The lowest BCUT2D eigenvalue weighted by atomic mass is 9.84. The van der Waals surface area contributed by atoms with Crippen LogP contribution in [0.3, 0.4) is 0 Å². The Morgan fingerprint density at radius 3 is 2.47 bits per heavy atom. The van der Waals surface area contributed by atoms with E-state index in [9.17, 15) is 9.90 Å². The number of hydrogen-bond acceptors (Lipinski definition) is 5.